The van der Waals surface area contributed by atoms with Crippen molar-refractivity contribution >= 4 is 17.8 Å². The highest BCUT2D eigenvalue weighted by atomic mass is 16.3. The molecular weight excluding hydrogens is 264 g/mol. The lowest BCUT2D eigenvalue weighted by Gasteiger charge is -2.20. The first kappa shape index (κ1) is 13.9. The van der Waals surface area contributed by atoms with Gasteiger partial charge in [-0.25, -0.2) is 0 Å². The topological polar surface area (TPSA) is 52.9 Å². The number of fused-ring (bicyclic) bond motifs is 2. The SMILES string of the molecule is C/C=C1\C[C@H]2C=Nc3cc(O)c(C(C)C)cc3C(=O)N2C1. The van der Waals surface area contributed by atoms with E-state index in [0.29, 0.717) is 17.8 Å². The quantitative estimate of drug-likeness (QED) is 0.804. The maximum atomic E-state index is 12.8. The van der Waals surface area contributed by atoms with Crippen LogP contribution in [0.2, 0.25) is 0 Å². The largest absolute Gasteiger partial charge is 0.508 e. The summed E-state index contributed by atoms with van der Waals surface area (Å²) in [5.74, 6) is 0.381. The van der Waals surface area contributed by atoms with Crippen molar-refractivity contribution in [1.82, 2.24) is 4.90 Å². The molecule has 0 bridgehead atoms. The average molecular weight is 284 g/mol. The maximum Gasteiger partial charge on any atom is 0.256 e. The van der Waals surface area contributed by atoms with Crippen molar-refractivity contribution in [3.05, 3.63) is 34.9 Å². The minimum atomic E-state index is 0.00579. The van der Waals surface area contributed by atoms with Gasteiger partial charge in [0.05, 0.1) is 17.3 Å². The van der Waals surface area contributed by atoms with E-state index in [1.807, 2.05) is 31.9 Å². The Balaban J connectivity index is 2.08. The van der Waals surface area contributed by atoms with Gasteiger partial charge in [0.2, 0.25) is 0 Å². The number of amides is 1. The zero-order chi connectivity index (χ0) is 15.1. The Morgan fingerprint density at radius 3 is 2.86 bits per heavy atom. The van der Waals surface area contributed by atoms with Crippen molar-refractivity contribution in [2.45, 2.75) is 39.2 Å². The second kappa shape index (κ2) is 5.02. The van der Waals surface area contributed by atoms with E-state index in [0.717, 1.165) is 12.0 Å². The Morgan fingerprint density at radius 1 is 1.43 bits per heavy atom. The third-order valence-corrected chi connectivity index (χ3v) is 4.30. The van der Waals surface area contributed by atoms with Gasteiger partial charge in [-0.15, -0.1) is 0 Å². The molecule has 1 aromatic carbocycles. The Labute approximate surface area is 124 Å². The van der Waals surface area contributed by atoms with E-state index >= 15 is 0 Å². The minimum absolute atomic E-state index is 0.00579. The molecule has 21 heavy (non-hydrogen) atoms. The number of allylic oxidation sites excluding steroid dienone is 1. The van der Waals surface area contributed by atoms with Gasteiger partial charge in [0.15, 0.2) is 0 Å². The van der Waals surface area contributed by atoms with Gasteiger partial charge >= 0.3 is 0 Å². The monoisotopic (exact) mass is 284 g/mol. The number of hydrogen-bond acceptors (Lipinski definition) is 3. The van der Waals surface area contributed by atoms with Crippen LogP contribution in [0, 0.1) is 0 Å². The van der Waals surface area contributed by atoms with Gasteiger partial charge in [0.25, 0.3) is 5.91 Å². The molecule has 1 atom stereocenters. The van der Waals surface area contributed by atoms with E-state index in [-0.39, 0.29) is 23.6 Å². The number of carbonyl (C=O) groups is 1. The Morgan fingerprint density at radius 2 is 2.19 bits per heavy atom. The molecule has 0 saturated carbocycles. The Hall–Kier alpha value is -2.10. The lowest BCUT2D eigenvalue weighted by molar-refractivity contribution is 0.0778. The van der Waals surface area contributed by atoms with E-state index < -0.39 is 0 Å². The smallest absolute Gasteiger partial charge is 0.256 e. The van der Waals surface area contributed by atoms with Gasteiger partial charge in [-0.3, -0.25) is 9.79 Å². The predicted octanol–water partition coefficient (Wildman–Crippen LogP) is 3.39. The maximum absolute atomic E-state index is 12.8. The van der Waals surface area contributed by atoms with Gasteiger partial charge in [-0.05, 0) is 30.9 Å². The van der Waals surface area contributed by atoms with Crippen LogP contribution in [-0.4, -0.2) is 34.7 Å². The number of hydrogen-bond donors (Lipinski definition) is 1. The molecular formula is C17H20N2O2. The molecule has 4 nitrogen and oxygen atoms in total. The zero-order valence-corrected chi connectivity index (χ0v) is 12.6. The Bertz CT molecular complexity index is 659. The second-order valence-corrected chi connectivity index (χ2v) is 6.01. The normalized spacial score (nSPS) is 22.7. The van der Waals surface area contributed by atoms with Gasteiger partial charge in [0.1, 0.15) is 5.75 Å². The molecule has 0 aliphatic carbocycles. The number of phenolic OH excluding ortho intramolecular Hbond substituents is 1. The molecule has 1 N–H and O–H groups in total. The van der Waals surface area contributed by atoms with Crippen LogP contribution in [-0.2, 0) is 0 Å². The number of carbonyl (C=O) groups excluding carboxylic acids is 1. The van der Waals surface area contributed by atoms with Crippen LogP contribution in [0.1, 0.15) is 49.0 Å². The van der Waals surface area contributed by atoms with Gasteiger partial charge in [0, 0.05) is 18.8 Å². The van der Waals surface area contributed by atoms with Crippen LogP contribution in [0.5, 0.6) is 5.75 Å². The fourth-order valence-corrected chi connectivity index (χ4v) is 3.00. The van der Waals surface area contributed by atoms with E-state index in [1.54, 1.807) is 12.1 Å². The van der Waals surface area contributed by atoms with Gasteiger partial charge in [-0.2, -0.15) is 0 Å². The van der Waals surface area contributed by atoms with Crippen LogP contribution in [0.3, 0.4) is 0 Å². The molecule has 4 heteroatoms. The van der Waals surface area contributed by atoms with E-state index in [9.17, 15) is 9.90 Å². The molecule has 1 aromatic rings. The first-order valence-corrected chi connectivity index (χ1v) is 7.37. The third kappa shape index (κ3) is 2.24. The second-order valence-electron chi connectivity index (χ2n) is 6.01. The number of nitrogens with zero attached hydrogens (tertiary/aromatic N) is 2. The van der Waals surface area contributed by atoms with Crippen LogP contribution >= 0.6 is 0 Å². The summed E-state index contributed by atoms with van der Waals surface area (Å²) in [6, 6.07) is 3.43. The fraction of sp³-hybridized carbons (Fsp3) is 0.412. The summed E-state index contributed by atoms with van der Waals surface area (Å²) in [6.45, 7) is 6.68. The summed E-state index contributed by atoms with van der Waals surface area (Å²) in [5, 5.41) is 10.1. The highest BCUT2D eigenvalue weighted by Crippen LogP contribution is 2.36. The molecule has 0 unspecified atom stereocenters. The highest BCUT2D eigenvalue weighted by molar-refractivity contribution is 6.03. The van der Waals surface area contributed by atoms with Crippen molar-refractivity contribution in [3.8, 4) is 5.75 Å². The van der Waals surface area contributed by atoms with Crippen molar-refractivity contribution in [2.24, 2.45) is 4.99 Å². The molecule has 2 heterocycles. The van der Waals surface area contributed by atoms with E-state index in [1.165, 1.54) is 5.57 Å². The molecule has 2 aliphatic heterocycles. The molecule has 0 aromatic heterocycles. The van der Waals surface area contributed by atoms with Gasteiger partial charge in [-0.1, -0.05) is 25.5 Å². The third-order valence-electron chi connectivity index (χ3n) is 4.30. The van der Waals surface area contributed by atoms with Crippen molar-refractivity contribution in [1.29, 1.82) is 0 Å². The summed E-state index contributed by atoms with van der Waals surface area (Å²) >= 11 is 0. The number of phenols is 1. The number of benzene rings is 1. The first-order chi connectivity index (χ1) is 10.0. The first-order valence-electron chi connectivity index (χ1n) is 7.37. The number of aliphatic imine (C=N–C) groups is 1. The van der Waals surface area contributed by atoms with Crippen LogP contribution in [0.15, 0.2) is 28.8 Å². The van der Waals surface area contributed by atoms with Crippen molar-refractivity contribution in [3.63, 3.8) is 0 Å². The molecule has 0 radical (unpaired) electrons. The highest BCUT2D eigenvalue weighted by Gasteiger charge is 2.34. The summed E-state index contributed by atoms with van der Waals surface area (Å²) in [5.41, 5.74) is 3.22. The van der Waals surface area contributed by atoms with E-state index in [2.05, 4.69) is 11.1 Å². The lowest BCUT2D eigenvalue weighted by Crippen LogP contribution is -2.35. The van der Waals surface area contributed by atoms with Crippen LogP contribution in [0.25, 0.3) is 0 Å². The molecule has 1 fully saturated rings. The minimum Gasteiger partial charge on any atom is -0.508 e. The van der Waals surface area contributed by atoms with Crippen LogP contribution < -0.4 is 0 Å². The standard InChI is InChI=1S/C17H20N2O2/c1-4-11-5-12-8-18-15-7-16(20)13(10(2)3)6-14(15)17(21)19(12)9-11/h4,6-8,10,12,20H,5,9H2,1-3H3/b11-4+/t12-/m0/s1. The zero-order valence-electron chi connectivity index (χ0n) is 12.6. The molecule has 1 saturated heterocycles. The number of rotatable bonds is 1. The van der Waals surface area contributed by atoms with E-state index in [4.69, 9.17) is 0 Å². The predicted molar refractivity (Wildman–Crippen MR) is 83.5 cm³/mol. The Kier molecular flexibility index (Phi) is 3.32. The molecule has 1 amide bonds. The molecule has 3 rings (SSSR count). The molecule has 0 spiro atoms. The molecule has 110 valence electrons. The average Bonchev–Trinajstić information content (AvgIpc) is 2.82. The van der Waals surface area contributed by atoms with Crippen molar-refractivity contribution < 1.29 is 9.90 Å². The summed E-state index contributed by atoms with van der Waals surface area (Å²) in [7, 11) is 0. The number of aromatic hydroxyl groups is 1. The lowest BCUT2D eigenvalue weighted by atomic mass is 9.98. The summed E-state index contributed by atoms with van der Waals surface area (Å²) < 4.78 is 0. The van der Waals surface area contributed by atoms with Gasteiger partial charge < -0.3 is 10.0 Å². The molecule has 2 aliphatic rings. The summed E-state index contributed by atoms with van der Waals surface area (Å²) in [4.78, 5) is 19.1. The fourth-order valence-electron chi connectivity index (χ4n) is 3.00. The van der Waals surface area contributed by atoms with Crippen LogP contribution in [0.4, 0.5) is 5.69 Å². The van der Waals surface area contributed by atoms with Crippen molar-refractivity contribution in [2.75, 3.05) is 6.54 Å². The summed E-state index contributed by atoms with van der Waals surface area (Å²) in [6.07, 6.45) is 4.75.